The first-order chi connectivity index (χ1) is 16.1. The zero-order valence-corrected chi connectivity index (χ0v) is 18.7. The Balaban J connectivity index is 1.53. The van der Waals surface area contributed by atoms with Gasteiger partial charge in [0.2, 0.25) is 0 Å². The minimum Gasteiger partial charge on any atom is -0.494 e. The Hall–Kier alpha value is -3.93. The van der Waals surface area contributed by atoms with Crippen LogP contribution in [0.5, 0.6) is 5.75 Å². The maximum Gasteiger partial charge on any atom is 0.271 e. The molecule has 168 valence electrons. The number of hydrazone groups is 1. The third-order valence-corrected chi connectivity index (χ3v) is 5.48. The highest BCUT2D eigenvalue weighted by Gasteiger charge is 2.13. The third kappa shape index (κ3) is 5.12. The van der Waals surface area contributed by atoms with E-state index in [9.17, 15) is 9.18 Å². The molecule has 5 nitrogen and oxygen atoms in total. The molecule has 0 saturated heterocycles. The fraction of sp³-hybridized carbons (Fsp3) is 0.185. The minimum absolute atomic E-state index is 0.250. The van der Waals surface area contributed by atoms with Crippen molar-refractivity contribution in [3.63, 3.8) is 0 Å². The third-order valence-electron chi connectivity index (χ3n) is 5.48. The van der Waals surface area contributed by atoms with Gasteiger partial charge in [0, 0.05) is 34.3 Å². The Kier molecular flexibility index (Phi) is 6.83. The molecular formula is C27H26FN3O2. The van der Waals surface area contributed by atoms with Gasteiger partial charge in [-0.25, -0.2) is 9.82 Å². The number of rotatable bonds is 8. The van der Waals surface area contributed by atoms with E-state index in [-0.39, 0.29) is 11.7 Å². The summed E-state index contributed by atoms with van der Waals surface area (Å²) in [5.74, 6) is 0.196. The van der Waals surface area contributed by atoms with E-state index in [1.54, 1.807) is 42.6 Å². The van der Waals surface area contributed by atoms with E-state index in [2.05, 4.69) is 15.1 Å². The van der Waals surface area contributed by atoms with E-state index in [1.807, 2.05) is 38.1 Å². The zero-order valence-electron chi connectivity index (χ0n) is 18.7. The van der Waals surface area contributed by atoms with Gasteiger partial charge in [-0.05, 0) is 61.4 Å². The molecular weight excluding hydrogens is 417 g/mol. The summed E-state index contributed by atoms with van der Waals surface area (Å²) in [7, 11) is 0. The van der Waals surface area contributed by atoms with Gasteiger partial charge in [-0.2, -0.15) is 5.10 Å². The van der Waals surface area contributed by atoms with Gasteiger partial charge in [-0.15, -0.1) is 0 Å². The lowest BCUT2D eigenvalue weighted by Crippen LogP contribution is -2.17. The zero-order chi connectivity index (χ0) is 23.2. The SMILES string of the molecule is CCCOc1ccc(C(=O)N/N=C/c2c(C)n(Cc3ccc(F)cc3)c3ccccc23)cc1. The summed E-state index contributed by atoms with van der Waals surface area (Å²) in [6.45, 7) is 5.31. The van der Waals surface area contributed by atoms with E-state index < -0.39 is 0 Å². The number of amides is 1. The van der Waals surface area contributed by atoms with Crippen LogP contribution in [-0.2, 0) is 6.54 Å². The molecule has 3 aromatic carbocycles. The van der Waals surface area contributed by atoms with Crippen LogP contribution in [0, 0.1) is 12.7 Å². The standard InChI is InChI=1S/C27H26FN3O2/c1-3-16-33-23-14-10-21(11-15-23)27(32)30-29-17-25-19(2)31(26-7-5-4-6-24(25)26)18-20-8-12-22(28)13-9-20/h4-15,17H,3,16,18H2,1-2H3,(H,30,32)/b29-17+. The lowest BCUT2D eigenvalue weighted by Gasteiger charge is -2.08. The van der Waals surface area contributed by atoms with Crippen molar-refractivity contribution in [3.8, 4) is 5.75 Å². The summed E-state index contributed by atoms with van der Waals surface area (Å²) < 4.78 is 21.0. The number of carbonyl (C=O) groups is 1. The topological polar surface area (TPSA) is 55.6 Å². The predicted molar refractivity (Wildman–Crippen MR) is 129 cm³/mol. The van der Waals surface area contributed by atoms with Crippen LogP contribution in [0.2, 0.25) is 0 Å². The van der Waals surface area contributed by atoms with Crippen molar-refractivity contribution < 1.29 is 13.9 Å². The quantitative estimate of drug-likeness (QED) is 0.281. The molecule has 0 bridgehead atoms. The molecule has 1 N–H and O–H groups in total. The molecule has 0 unspecified atom stereocenters. The number of hydrogen-bond acceptors (Lipinski definition) is 3. The van der Waals surface area contributed by atoms with Gasteiger partial charge in [-0.3, -0.25) is 4.79 Å². The summed E-state index contributed by atoms with van der Waals surface area (Å²) in [6.07, 6.45) is 2.60. The Bertz CT molecular complexity index is 1280. The number of carbonyl (C=O) groups excluding carboxylic acids is 1. The second-order valence-electron chi connectivity index (χ2n) is 7.80. The number of aromatic nitrogens is 1. The van der Waals surface area contributed by atoms with Crippen molar-refractivity contribution in [2.45, 2.75) is 26.8 Å². The Morgan fingerprint density at radius 1 is 1.06 bits per heavy atom. The molecule has 4 aromatic rings. The second-order valence-corrected chi connectivity index (χ2v) is 7.80. The van der Waals surface area contributed by atoms with Gasteiger partial charge in [0.05, 0.1) is 12.8 Å². The van der Waals surface area contributed by atoms with Crippen LogP contribution in [0.4, 0.5) is 4.39 Å². The van der Waals surface area contributed by atoms with E-state index >= 15 is 0 Å². The van der Waals surface area contributed by atoms with Crippen LogP contribution in [0.1, 0.15) is 40.5 Å². The van der Waals surface area contributed by atoms with Crippen LogP contribution >= 0.6 is 0 Å². The number of nitrogens with one attached hydrogen (secondary N) is 1. The average Bonchev–Trinajstić information content (AvgIpc) is 3.10. The van der Waals surface area contributed by atoms with Crippen LogP contribution in [0.25, 0.3) is 10.9 Å². The van der Waals surface area contributed by atoms with Gasteiger partial charge in [0.25, 0.3) is 5.91 Å². The summed E-state index contributed by atoms with van der Waals surface area (Å²) in [5, 5.41) is 5.25. The molecule has 33 heavy (non-hydrogen) atoms. The fourth-order valence-corrected chi connectivity index (χ4v) is 3.74. The maximum absolute atomic E-state index is 13.3. The first kappa shape index (κ1) is 22.3. The lowest BCUT2D eigenvalue weighted by atomic mass is 10.1. The average molecular weight is 444 g/mol. The van der Waals surface area contributed by atoms with E-state index in [1.165, 1.54) is 12.1 Å². The van der Waals surface area contributed by atoms with Gasteiger partial charge in [0.15, 0.2) is 0 Å². The minimum atomic E-state index is -0.291. The second kappa shape index (κ2) is 10.1. The Morgan fingerprint density at radius 3 is 2.52 bits per heavy atom. The Labute approximate surface area is 192 Å². The molecule has 4 rings (SSSR count). The molecule has 0 spiro atoms. The molecule has 0 radical (unpaired) electrons. The van der Waals surface area contributed by atoms with E-state index in [0.29, 0.717) is 18.7 Å². The molecule has 0 saturated carbocycles. The van der Waals surface area contributed by atoms with Crippen molar-refractivity contribution in [3.05, 3.63) is 101 Å². The van der Waals surface area contributed by atoms with Gasteiger partial charge in [0.1, 0.15) is 11.6 Å². The maximum atomic E-state index is 13.3. The summed E-state index contributed by atoms with van der Waals surface area (Å²) in [4.78, 5) is 12.5. The number of nitrogens with zero attached hydrogens (tertiary/aromatic N) is 2. The van der Waals surface area contributed by atoms with Gasteiger partial charge >= 0.3 is 0 Å². The number of benzene rings is 3. The molecule has 1 aromatic heterocycles. The fourth-order valence-electron chi connectivity index (χ4n) is 3.74. The molecule has 6 heteroatoms. The number of halogens is 1. The molecule has 1 heterocycles. The number of para-hydroxylation sites is 1. The first-order valence-corrected chi connectivity index (χ1v) is 11.0. The van der Waals surface area contributed by atoms with Crippen LogP contribution in [-0.4, -0.2) is 23.3 Å². The first-order valence-electron chi connectivity index (χ1n) is 11.0. The summed E-state index contributed by atoms with van der Waals surface area (Å²) >= 11 is 0. The monoisotopic (exact) mass is 443 g/mol. The van der Waals surface area contributed by atoms with Crippen molar-refractivity contribution in [2.75, 3.05) is 6.61 Å². The number of ether oxygens (including phenoxy) is 1. The molecule has 0 aliphatic rings. The molecule has 0 aliphatic heterocycles. The van der Waals surface area contributed by atoms with Crippen molar-refractivity contribution in [1.29, 1.82) is 0 Å². The van der Waals surface area contributed by atoms with Gasteiger partial charge < -0.3 is 9.30 Å². The van der Waals surface area contributed by atoms with E-state index in [4.69, 9.17) is 4.74 Å². The molecule has 1 amide bonds. The summed E-state index contributed by atoms with van der Waals surface area (Å²) in [5.41, 5.74) is 7.10. The highest BCUT2D eigenvalue weighted by atomic mass is 19.1. The van der Waals surface area contributed by atoms with Crippen LogP contribution < -0.4 is 10.2 Å². The highest BCUT2D eigenvalue weighted by molar-refractivity contribution is 6.02. The van der Waals surface area contributed by atoms with Crippen molar-refractivity contribution in [2.24, 2.45) is 5.10 Å². The smallest absolute Gasteiger partial charge is 0.271 e. The molecule has 0 atom stereocenters. The predicted octanol–water partition coefficient (Wildman–Crippen LogP) is 5.69. The molecule has 0 fully saturated rings. The molecule has 0 aliphatic carbocycles. The summed E-state index contributed by atoms with van der Waals surface area (Å²) in [6, 6.07) is 21.5. The van der Waals surface area contributed by atoms with E-state index in [0.717, 1.165) is 39.9 Å². The normalized spacial score (nSPS) is 11.2. The highest BCUT2D eigenvalue weighted by Crippen LogP contribution is 2.25. The van der Waals surface area contributed by atoms with Crippen molar-refractivity contribution >= 4 is 23.0 Å². The number of fused-ring (bicyclic) bond motifs is 1. The lowest BCUT2D eigenvalue weighted by molar-refractivity contribution is 0.0955. The van der Waals surface area contributed by atoms with Crippen LogP contribution in [0.3, 0.4) is 0 Å². The van der Waals surface area contributed by atoms with Gasteiger partial charge in [-0.1, -0.05) is 37.3 Å². The van der Waals surface area contributed by atoms with Crippen LogP contribution in [0.15, 0.2) is 77.9 Å². The number of hydrogen-bond donors (Lipinski definition) is 1. The van der Waals surface area contributed by atoms with Crippen molar-refractivity contribution in [1.82, 2.24) is 9.99 Å². The largest absolute Gasteiger partial charge is 0.494 e. The Morgan fingerprint density at radius 2 is 1.79 bits per heavy atom.